The van der Waals surface area contributed by atoms with Crippen LogP contribution in [0.25, 0.3) is 0 Å². The normalized spacial score (nSPS) is 19.8. The zero-order valence-corrected chi connectivity index (χ0v) is 9.32. The van der Waals surface area contributed by atoms with Gasteiger partial charge in [0.2, 0.25) is 5.91 Å². The third-order valence-corrected chi connectivity index (χ3v) is 2.67. The van der Waals surface area contributed by atoms with Crippen LogP contribution in [-0.4, -0.2) is 41.2 Å². The van der Waals surface area contributed by atoms with Crippen molar-refractivity contribution in [3.8, 4) is 0 Å². The molecule has 5 heteroatoms. The van der Waals surface area contributed by atoms with Gasteiger partial charge in [-0.05, 0) is 0 Å². The molecule has 1 amide bonds. The van der Waals surface area contributed by atoms with Gasteiger partial charge < -0.3 is 10.2 Å². The molecule has 1 N–H and O–H groups in total. The Balaban J connectivity index is 2.33. The molecule has 1 aromatic rings. The first kappa shape index (κ1) is 10.2. The van der Waals surface area contributed by atoms with E-state index in [1.54, 1.807) is 23.7 Å². The summed E-state index contributed by atoms with van der Waals surface area (Å²) in [6, 6.07) is 0. The minimum atomic E-state index is -0.134. The number of hydrogen-bond acceptors (Lipinski definition) is 3. The van der Waals surface area contributed by atoms with Gasteiger partial charge in [-0.25, -0.2) is 0 Å². The van der Waals surface area contributed by atoms with Gasteiger partial charge in [0, 0.05) is 46.0 Å². The number of rotatable bonds is 1. The van der Waals surface area contributed by atoms with E-state index in [1.165, 1.54) is 0 Å². The van der Waals surface area contributed by atoms with Crippen molar-refractivity contribution in [3.63, 3.8) is 0 Å². The van der Waals surface area contributed by atoms with Crippen LogP contribution in [0.5, 0.6) is 0 Å². The Morgan fingerprint density at radius 2 is 2.40 bits per heavy atom. The van der Waals surface area contributed by atoms with Crippen LogP contribution >= 0.6 is 0 Å². The molecule has 0 spiro atoms. The lowest BCUT2D eigenvalue weighted by atomic mass is 9.97. The number of fused-ring (bicyclic) bond motifs is 1. The number of nitrogens with zero attached hydrogens (tertiary/aromatic N) is 3. The molecule has 0 bridgehead atoms. The van der Waals surface area contributed by atoms with E-state index in [1.807, 2.05) is 13.2 Å². The number of aromatic nitrogens is 2. The molecule has 0 saturated heterocycles. The van der Waals surface area contributed by atoms with Crippen LogP contribution in [0.2, 0.25) is 0 Å². The Bertz CT molecular complexity index is 383. The highest BCUT2D eigenvalue weighted by Crippen LogP contribution is 2.23. The average Bonchev–Trinajstić information content (AvgIpc) is 2.56. The van der Waals surface area contributed by atoms with Gasteiger partial charge >= 0.3 is 0 Å². The van der Waals surface area contributed by atoms with Gasteiger partial charge in [0.25, 0.3) is 0 Å². The van der Waals surface area contributed by atoms with Crippen LogP contribution in [0.3, 0.4) is 0 Å². The van der Waals surface area contributed by atoms with Crippen molar-refractivity contribution in [1.82, 2.24) is 20.0 Å². The standard InChI is InChI=1S/C10H16N4O/c1-13(2)10(15)8-5-11-4-7-6-14(3)12-9(7)8/h6,8,11H,4-5H2,1-3H3/t8-/m0/s1. The lowest BCUT2D eigenvalue weighted by Gasteiger charge is -2.24. The summed E-state index contributed by atoms with van der Waals surface area (Å²) in [6.45, 7) is 1.49. The maximum Gasteiger partial charge on any atom is 0.232 e. The van der Waals surface area contributed by atoms with Gasteiger partial charge in [0.05, 0.1) is 11.6 Å². The van der Waals surface area contributed by atoms with Crippen LogP contribution in [0.4, 0.5) is 0 Å². The van der Waals surface area contributed by atoms with E-state index in [9.17, 15) is 4.79 Å². The van der Waals surface area contributed by atoms with E-state index in [2.05, 4.69) is 10.4 Å². The fourth-order valence-electron chi connectivity index (χ4n) is 1.95. The fraction of sp³-hybridized carbons (Fsp3) is 0.600. The van der Waals surface area contributed by atoms with Crippen LogP contribution in [0.1, 0.15) is 17.2 Å². The van der Waals surface area contributed by atoms with Crippen molar-refractivity contribution in [3.05, 3.63) is 17.5 Å². The molecule has 5 nitrogen and oxygen atoms in total. The molecule has 0 aliphatic carbocycles. The highest BCUT2D eigenvalue weighted by atomic mass is 16.2. The summed E-state index contributed by atoms with van der Waals surface area (Å²) in [5, 5.41) is 7.60. The van der Waals surface area contributed by atoms with E-state index in [-0.39, 0.29) is 11.8 Å². The highest BCUT2D eigenvalue weighted by Gasteiger charge is 2.30. The maximum atomic E-state index is 11.9. The highest BCUT2D eigenvalue weighted by molar-refractivity contribution is 5.83. The van der Waals surface area contributed by atoms with Crippen LogP contribution in [0, 0.1) is 0 Å². The van der Waals surface area contributed by atoms with E-state index in [0.29, 0.717) is 6.54 Å². The van der Waals surface area contributed by atoms with E-state index in [0.717, 1.165) is 17.8 Å². The molecular formula is C10H16N4O. The van der Waals surface area contributed by atoms with Crippen LogP contribution in [0.15, 0.2) is 6.20 Å². The van der Waals surface area contributed by atoms with Gasteiger partial charge in [-0.3, -0.25) is 9.48 Å². The van der Waals surface area contributed by atoms with E-state index in [4.69, 9.17) is 0 Å². The van der Waals surface area contributed by atoms with Gasteiger partial charge in [-0.1, -0.05) is 0 Å². The van der Waals surface area contributed by atoms with E-state index >= 15 is 0 Å². The summed E-state index contributed by atoms with van der Waals surface area (Å²) in [5.41, 5.74) is 2.05. The smallest absolute Gasteiger partial charge is 0.232 e. The van der Waals surface area contributed by atoms with Crippen molar-refractivity contribution < 1.29 is 4.79 Å². The summed E-state index contributed by atoms with van der Waals surface area (Å²) in [7, 11) is 5.44. The summed E-state index contributed by atoms with van der Waals surface area (Å²) in [4.78, 5) is 13.5. The average molecular weight is 208 g/mol. The minimum Gasteiger partial charge on any atom is -0.348 e. The molecule has 1 atom stereocenters. The zero-order valence-electron chi connectivity index (χ0n) is 9.32. The molecule has 0 aromatic carbocycles. The van der Waals surface area contributed by atoms with Gasteiger partial charge in [0.15, 0.2) is 0 Å². The summed E-state index contributed by atoms with van der Waals surface area (Å²) in [5.74, 6) is -0.0212. The number of hydrogen-bond donors (Lipinski definition) is 1. The first-order chi connectivity index (χ1) is 7.09. The Morgan fingerprint density at radius 1 is 1.67 bits per heavy atom. The summed E-state index contributed by atoms with van der Waals surface area (Å²) >= 11 is 0. The Labute approximate surface area is 89.1 Å². The third kappa shape index (κ3) is 1.74. The van der Waals surface area contributed by atoms with Gasteiger partial charge in [0.1, 0.15) is 0 Å². The summed E-state index contributed by atoms with van der Waals surface area (Å²) in [6.07, 6.45) is 1.97. The van der Waals surface area contributed by atoms with E-state index < -0.39 is 0 Å². The lowest BCUT2D eigenvalue weighted by molar-refractivity contribution is -0.130. The zero-order chi connectivity index (χ0) is 11.0. The van der Waals surface area contributed by atoms with Gasteiger partial charge in [-0.2, -0.15) is 5.10 Å². The number of likely N-dealkylation sites (N-methyl/N-ethyl adjacent to an activating group) is 1. The molecule has 2 rings (SSSR count). The fourth-order valence-corrected chi connectivity index (χ4v) is 1.95. The second kappa shape index (κ2) is 3.66. The molecule has 0 radical (unpaired) electrons. The minimum absolute atomic E-state index is 0.113. The number of carbonyl (C=O) groups is 1. The van der Waals surface area contributed by atoms with Crippen molar-refractivity contribution in [2.45, 2.75) is 12.5 Å². The molecular weight excluding hydrogens is 192 g/mol. The van der Waals surface area contributed by atoms with Crippen molar-refractivity contribution in [2.75, 3.05) is 20.6 Å². The Kier molecular flexibility index (Phi) is 2.48. The molecule has 15 heavy (non-hydrogen) atoms. The number of amides is 1. The molecule has 82 valence electrons. The predicted molar refractivity (Wildman–Crippen MR) is 56.3 cm³/mol. The molecule has 1 aliphatic rings. The van der Waals surface area contributed by atoms with Crippen molar-refractivity contribution in [2.24, 2.45) is 7.05 Å². The quantitative estimate of drug-likeness (QED) is 0.689. The first-order valence-corrected chi connectivity index (χ1v) is 5.04. The third-order valence-electron chi connectivity index (χ3n) is 2.67. The van der Waals surface area contributed by atoms with Crippen molar-refractivity contribution in [1.29, 1.82) is 0 Å². The Hall–Kier alpha value is -1.36. The molecule has 0 unspecified atom stereocenters. The maximum absolute atomic E-state index is 11.9. The first-order valence-electron chi connectivity index (χ1n) is 5.04. The second-order valence-corrected chi connectivity index (χ2v) is 4.13. The number of aryl methyl sites for hydroxylation is 1. The number of nitrogens with one attached hydrogen (secondary N) is 1. The van der Waals surface area contributed by atoms with Crippen molar-refractivity contribution >= 4 is 5.91 Å². The topological polar surface area (TPSA) is 50.2 Å². The predicted octanol–water partition coefficient (Wildman–Crippen LogP) is -0.305. The molecule has 2 heterocycles. The van der Waals surface area contributed by atoms with Gasteiger partial charge in [-0.15, -0.1) is 0 Å². The molecule has 1 aromatic heterocycles. The molecule has 0 fully saturated rings. The Morgan fingerprint density at radius 3 is 3.07 bits per heavy atom. The summed E-state index contributed by atoms with van der Waals surface area (Å²) < 4.78 is 1.77. The molecule has 0 saturated carbocycles. The van der Waals surface area contributed by atoms with Crippen LogP contribution < -0.4 is 5.32 Å². The SMILES string of the molecule is CN(C)C(=O)[C@H]1CNCc2cn(C)nc21. The monoisotopic (exact) mass is 208 g/mol. The van der Waals surface area contributed by atoms with Crippen LogP contribution in [-0.2, 0) is 18.4 Å². The molecule has 1 aliphatic heterocycles. The lowest BCUT2D eigenvalue weighted by Crippen LogP contribution is -2.38. The second-order valence-electron chi connectivity index (χ2n) is 4.13. The largest absolute Gasteiger partial charge is 0.348 e. The number of carbonyl (C=O) groups excluding carboxylic acids is 1.